The van der Waals surface area contributed by atoms with Crippen molar-refractivity contribution < 1.29 is 24.2 Å². The molecular weight excluding hydrogens is 526 g/mol. The Morgan fingerprint density at radius 3 is 2.80 bits per heavy atom. The number of rotatable bonds is 7. The lowest BCUT2D eigenvalue weighted by atomic mass is 9.44. The number of aromatic amines is 1. The smallest absolute Gasteiger partial charge is 0.316 e. The zero-order valence-corrected chi connectivity index (χ0v) is 24.9. The van der Waals surface area contributed by atoms with Crippen molar-refractivity contribution in [3.05, 3.63) is 36.9 Å². The fourth-order valence-corrected chi connectivity index (χ4v) is 8.61. The van der Waals surface area contributed by atoms with Gasteiger partial charge in [-0.25, -0.2) is 4.98 Å². The molecule has 8 atom stereocenters. The average molecular weight is 568 g/mol. The fourth-order valence-electron chi connectivity index (χ4n) is 8.03. The number of methoxy groups -OCH3 is 1. The molecule has 2 bridgehead atoms. The molecule has 0 aliphatic heterocycles. The highest BCUT2D eigenvalue weighted by Gasteiger charge is 2.68. The number of Topliss-reactive ketones (excluding diaryl/α,β-unsaturated/α-hetero) is 1. The monoisotopic (exact) mass is 567 g/mol. The molecule has 1 heterocycles. The van der Waals surface area contributed by atoms with Gasteiger partial charge in [0.25, 0.3) is 0 Å². The first-order valence-corrected chi connectivity index (χ1v) is 15.2. The number of carbonyl (C=O) groups is 2. The van der Waals surface area contributed by atoms with Gasteiger partial charge in [0, 0.05) is 28.7 Å². The Balaban J connectivity index is 1.38. The second-order valence-electron chi connectivity index (χ2n) is 12.6. The number of nitrogens with one attached hydrogen (secondary N) is 1. The summed E-state index contributed by atoms with van der Waals surface area (Å²) >= 11 is 1.20. The van der Waals surface area contributed by atoms with E-state index in [1.807, 2.05) is 37.3 Å². The summed E-state index contributed by atoms with van der Waals surface area (Å²) in [7, 11) is 1.61. The van der Waals surface area contributed by atoms with Crippen LogP contribution < -0.4 is 4.74 Å². The van der Waals surface area contributed by atoms with Crippen LogP contribution in [0.5, 0.6) is 5.75 Å². The molecule has 0 unspecified atom stereocenters. The number of hydrogen-bond donors (Lipinski definition) is 2. The SMILES string of the molecule is C=C[C@]1(C)C[C@@H](OC(=O)CSc2n[nH]c(-c3cccc(OC)c3)n2)[C@]2(C)[C@H](C)CC[C@]3(CCC(=O)[C@H]32)[C@@H](C)[C@@H]1O. The number of esters is 1. The van der Waals surface area contributed by atoms with E-state index in [0.29, 0.717) is 29.6 Å². The molecule has 1 aromatic carbocycles. The van der Waals surface area contributed by atoms with Gasteiger partial charge < -0.3 is 14.6 Å². The fraction of sp³-hybridized carbons (Fsp3) is 0.613. The highest BCUT2D eigenvalue weighted by atomic mass is 32.2. The van der Waals surface area contributed by atoms with E-state index in [0.717, 1.165) is 24.8 Å². The molecule has 0 amide bonds. The summed E-state index contributed by atoms with van der Waals surface area (Å²) in [4.78, 5) is 31.4. The molecule has 40 heavy (non-hydrogen) atoms. The van der Waals surface area contributed by atoms with Crippen molar-refractivity contribution in [2.75, 3.05) is 12.9 Å². The predicted molar refractivity (Wildman–Crippen MR) is 154 cm³/mol. The highest BCUT2D eigenvalue weighted by molar-refractivity contribution is 7.99. The maximum Gasteiger partial charge on any atom is 0.316 e. The number of H-pyrrole nitrogens is 1. The van der Waals surface area contributed by atoms with Crippen LogP contribution in [0.2, 0.25) is 0 Å². The van der Waals surface area contributed by atoms with Gasteiger partial charge in [-0.3, -0.25) is 14.7 Å². The van der Waals surface area contributed by atoms with E-state index in [4.69, 9.17) is 9.47 Å². The lowest BCUT2D eigenvalue weighted by Crippen LogP contribution is -2.63. The van der Waals surface area contributed by atoms with Crippen LogP contribution in [0, 0.1) is 34.0 Å². The Labute approximate surface area is 240 Å². The molecule has 0 spiro atoms. The van der Waals surface area contributed by atoms with E-state index >= 15 is 0 Å². The Morgan fingerprint density at radius 1 is 1.30 bits per heavy atom. The summed E-state index contributed by atoms with van der Waals surface area (Å²) in [5.74, 6) is 1.08. The largest absolute Gasteiger partial charge is 0.497 e. The number of carbonyl (C=O) groups excluding carboxylic acids is 2. The van der Waals surface area contributed by atoms with Gasteiger partial charge in [0.2, 0.25) is 5.16 Å². The van der Waals surface area contributed by atoms with E-state index in [1.165, 1.54) is 11.8 Å². The average Bonchev–Trinajstić information content (AvgIpc) is 3.58. The number of nitrogens with zero attached hydrogens (tertiary/aromatic N) is 2. The Kier molecular flexibility index (Phi) is 7.68. The van der Waals surface area contributed by atoms with Gasteiger partial charge in [-0.1, -0.05) is 57.7 Å². The molecule has 0 saturated heterocycles. The van der Waals surface area contributed by atoms with Crippen LogP contribution >= 0.6 is 11.8 Å². The number of ether oxygens (including phenoxy) is 2. The molecule has 1 aromatic heterocycles. The minimum atomic E-state index is -0.685. The maximum absolute atomic E-state index is 13.5. The molecule has 9 heteroatoms. The van der Waals surface area contributed by atoms with Gasteiger partial charge in [0.1, 0.15) is 17.6 Å². The summed E-state index contributed by atoms with van der Waals surface area (Å²) in [6.07, 6.45) is 4.15. The molecule has 8 nitrogen and oxygen atoms in total. The summed E-state index contributed by atoms with van der Waals surface area (Å²) in [6.45, 7) is 12.5. The highest BCUT2D eigenvalue weighted by Crippen LogP contribution is 2.68. The van der Waals surface area contributed by atoms with Crippen LogP contribution in [0.3, 0.4) is 0 Å². The topological polar surface area (TPSA) is 114 Å². The number of benzene rings is 1. The lowest BCUT2D eigenvalue weighted by Gasteiger charge is -2.61. The number of thioether (sulfide) groups is 1. The van der Waals surface area contributed by atoms with E-state index in [-0.39, 0.29) is 40.7 Å². The van der Waals surface area contributed by atoms with E-state index in [1.54, 1.807) is 7.11 Å². The van der Waals surface area contributed by atoms with Crippen molar-refractivity contribution in [1.82, 2.24) is 15.2 Å². The van der Waals surface area contributed by atoms with Crippen LogP contribution in [0.25, 0.3) is 11.4 Å². The van der Waals surface area contributed by atoms with Crippen molar-refractivity contribution in [2.24, 2.45) is 34.0 Å². The summed E-state index contributed by atoms with van der Waals surface area (Å²) in [5.41, 5.74) is -0.655. The van der Waals surface area contributed by atoms with E-state index < -0.39 is 23.0 Å². The lowest BCUT2D eigenvalue weighted by molar-refractivity contribution is -0.205. The first-order valence-electron chi connectivity index (χ1n) is 14.2. The number of aliphatic hydroxyl groups excluding tert-OH is 1. The second-order valence-corrected chi connectivity index (χ2v) is 13.5. The third-order valence-electron chi connectivity index (χ3n) is 10.7. The Morgan fingerprint density at radius 2 is 2.08 bits per heavy atom. The van der Waals surface area contributed by atoms with Crippen molar-refractivity contribution in [3.8, 4) is 17.1 Å². The third-order valence-corrected chi connectivity index (χ3v) is 11.5. The summed E-state index contributed by atoms with van der Waals surface area (Å²) < 4.78 is 11.6. The molecule has 3 fully saturated rings. The Bertz CT molecular complexity index is 1300. The number of hydrogen-bond acceptors (Lipinski definition) is 8. The molecule has 2 aromatic rings. The molecule has 5 rings (SSSR count). The predicted octanol–water partition coefficient (Wildman–Crippen LogP) is 5.48. The molecule has 3 aliphatic rings. The van der Waals surface area contributed by atoms with Crippen LogP contribution in [0.4, 0.5) is 0 Å². The van der Waals surface area contributed by atoms with Crippen molar-refractivity contribution in [1.29, 1.82) is 0 Å². The normalized spacial score (nSPS) is 37.2. The molecule has 0 radical (unpaired) electrons. The molecule has 2 N–H and O–H groups in total. The van der Waals surface area contributed by atoms with Crippen LogP contribution in [-0.2, 0) is 14.3 Å². The van der Waals surface area contributed by atoms with E-state index in [9.17, 15) is 14.7 Å². The summed E-state index contributed by atoms with van der Waals surface area (Å²) in [5, 5.41) is 19.3. The molecule has 3 saturated carbocycles. The number of aliphatic hydroxyl groups is 1. The van der Waals surface area contributed by atoms with E-state index in [2.05, 4.69) is 42.5 Å². The zero-order chi connectivity index (χ0) is 28.9. The van der Waals surface area contributed by atoms with Crippen molar-refractivity contribution >= 4 is 23.5 Å². The van der Waals surface area contributed by atoms with Crippen LogP contribution in [0.15, 0.2) is 42.1 Å². The van der Waals surface area contributed by atoms with Gasteiger partial charge in [-0.15, -0.1) is 11.7 Å². The zero-order valence-electron chi connectivity index (χ0n) is 24.1. The molecular formula is C31H41N3O5S. The number of aromatic nitrogens is 3. The van der Waals surface area contributed by atoms with Gasteiger partial charge in [0.15, 0.2) is 5.82 Å². The second kappa shape index (κ2) is 10.6. The number of ketones is 1. The Hall–Kier alpha value is -2.65. The standard InChI is InChI=1S/C31H41N3O5S/c1-7-29(4)16-23(30(5)18(2)11-13-31(19(3)26(29)37)14-12-22(35)25(30)31)39-24(36)17-40-28-32-27(33-34-28)20-9-8-10-21(15-20)38-6/h7-10,15,18-19,23,25-26,37H,1,11-14,16-17H2,2-6H3,(H,32,33,34)/t18-,19+,23-,25+,26+,29-,30+,31+/m1/s1. The first kappa shape index (κ1) is 28.9. The van der Waals surface area contributed by atoms with Gasteiger partial charge >= 0.3 is 5.97 Å². The minimum Gasteiger partial charge on any atom is -0.497 e. The van der Waals surface area contributed by atoms with Gasteiger partial charge in [0.05, 0.1) is 19.0 Å². The van der Waals surface area contributed by atoms with Crippen molar-refractivity contribution in [2.45, 2.75) is 77.2 Å². The van der Waals surface area contributed by atoms with Gasteiger partial charge in [-0.2, -0.15) is 0 Å². The molecule has 216 valence electrons. The third kappa shape index (κ3) is 4.59. The molecule has 3 aliphatic carbocycles. The first-order chi connectivity index (χ1) is 19.0. The minimum absolute atomic E-state index is 0.0316. The van der Waals surface area contributed by atoms with Gasteiger partial charge in [-0.05, 0) is 55.1 Å². The van der Waals surface area contributed by atoms with Crippen LogP contribution in [-0.4, -0.2) is 57.1 Å². The van der Waals surface area contributed by atoms with Crippen LogP contribution in [0.1, 0.15) is 59.8 Å². The maximum atomic E-state index is 13.5. The quantitative estimate of drug-likeness (QED) is 0.257. The van der Waals surface area contributed by atoms with Crippen molar-refractivity contribution in [3.63, 3.8) is 0 Å². The summed E-state index contributed by atoms with van der Waals surface area (Å²) in [6, 6.07) is 7.50.